The third-order valence-corrected chi connectivity index (χ3v) is 20.8. The van der Waals surface area contributed by atoms with Gasteiger partial charge >= 0.3 is 46.5 Å². The summed E-state index contributed by atoms with van der Waals surface area (Å²) in [6, 6.07) is -0.409. The number of carbonyl (C=O) groups is 2. The fourth-order valence-electron chi connectivity index (χ4n) is 13.4. The SMILES string of the molecule is C=C1CCC(C)O1.C=C1CCCCCO1.C=C1CCCCO1.C=C1CCCO1.C=C=NCC(C)(C)CC(C)CCN=C=O.C=C=NCCCCCCNC(=O)N(CCCCCCN=C=O)C(=O)OCCCC.C=C=NCCCCCCn1c(=NCCCCCCN=C=O)oc(=O)n(CCCCCCN=C=O)c1=O.C=C=NCCCCCCn1c(=O)oc(=O)n(CCCCCCN=C=O)c1=O. The highest BCUT2D eigenvalue weighted by Crippen LogP contribution is 2.27. The van der Waals surface area contributed by atoms with Crippen LogP contribution in [0.5, 0.6) is 0 Å². The molecule has 4 aliphatic heterocycles. The maximum Gasteiger partial charge on any atom is 0.427 e. The summed E-state index contributed by atoms with van der Waals surface area (Å²) >= 11 is 0. The van der Waals surface area contributed by atoms with Gasteiger partial charge in [0.1, 0.15) is 0 Å². The van der Waals surface area contributed by atoms with Gasteiger partial charge in [-0.15, -0.1) is 0 Å². The Labute approximate surface area is 799 Å². The zero-order chi connectivity index (χ0) is 100. The first-order valence-corrected chi connectivity index (χ1v) is 48.5. The van der Waals surface area contributed by atoms with E-state index in [0.29, 0.717) is 116 Å². The monoisotopic (exact) mass is 1890 g/mol. The Kier molecular flexibility index (Phi) is 83.9. The highest BCUT2D eigenvalue weighted by molar-refractivity contribution is 5.90. The fraction of sp³-hybridized carbons (Fsp3) is 0.710. The van der Waals surface area contributed by atoms with Crippen LogP contribution in [0.15, 0.2) is 158 Å². The second kappa shape index (κ2) is 90.2. The number of urea groups is 1. The maximum atomic E-state index is 13.1. The number of aliphatic imine (C=N–C) groups is 9. The van der Waals surface area contributed by atoms with Gasteiger partial charge in [-0.1, -0.05) is 150 Å². The van der Waals surface area contributed by atoms with E-state index >= 15 is 0 Å². The molecule has 35 heteroatoms. The lowest BCUT2D eigenvalue weighted by Gasteiger charge is -2.25. The number of carbonyl (C=O) groups excluding carboxylic acids is 7. The number of imide groups is 1. The molecule has 0 spiro atoms. The summed E-state index contributed by atoms with van der Waals surface area (Å²) in [6.45, 7) is 49.6. The van der Waals surface area contributed by atoms with Crippen molar-refractivity contribution in [2.75, 3.05) is 105 Å². The van der Waals surface area contributed by atoms with Gasteiger partial charge in [-0.05, 0) is 222 Å². The molecule has 2 unspecified atom stereocenters. The number of unbranched alkanes of at least 4 members (excludes halogenated alkanes) is 22. The highest BCUT2D eigenvalue weighted by atomic mass is 16.6. The smallest absolute Gasteiger partial charge is 0.427 e. The average Bonchev–Trinajstić information content (AvgIpc) is 1.37. The van der Waals surface area contributed by atoms with E-state index in [1.807, 2.05) is 6.92 Å². The number of hydrogen-bond donors (Lipinski definition) is 1. The predicted octanol–water partition coefficient (Wildman–Crippen LogP) is 17.7. The highest BCUT2D eigenvalue weighted by Gasteiger charge is 2.24. The first-order valence-electron chi connectivity index (χ1n) is 48.5. The van der Waals surface area contributed by atoms with Gasteiger partial charge in [-0.3, -0.25) is 0 Å². The van der Waals surface area contributed by atoms with Crippen molar-refractivity contribution in [2.45, 2.75) is 343 Å². The first-order chi connectivity index (χ1) is 65.4. The summed E-state index contributed by atoms with van der Waals surface area (Å²) in [7, 11) is 0. The second-order valence-electron chi connectivity index (χ2n) is 33.3. The molecule has 1 N–H and O–H groups in total. The van der Waals surface area contributed by atoms with Crippen molar-refractivity contribution in [2.24, 2.45) is 61.3 Å². The molecule has 0 radical (unpaired) electrons. The van der Waals surface area contributed by atoms with E-state index < -0.39 is 40.8 Å². The summed E-state index contributed by atoms with van der Waals surface area (Å²) in [5.74, 6) is 11.9. The number of nitrogens with zero attached hydrogens (tertiary/aromatic N) is 15. The lowest BCUT2D eigenvalue weighted by Crippen LogP contribution is -2.47. The van der Waals surface area contributed by atoms with Gasteiger partial charge in [-0.25, -0.2) is 131 Å². The Morgan fingerprint density at radius 1 is 0.444 bits per heavy atom. The molecule has 2 aromatic rings. The van der Waals surface area contributed by atoms with Crippen molar-refractivity contribution < 1.29 is 66.1 Å². The minimum atomic E-state index is -0.922. The van der Waals surface area contributed by atoms with Crippen molar-refractivity contribution in [1.29, 1.82) is 0 Å². The maximum absolute atomic E-state index is 13.1. The molecule has 3 amide bonds. The van der Waals surface area contributed by atoms with Crippen LogP contribution in [0.2, 0.25) is 0 Å². The van der Waals surface area contributed by atoms with Gasteiger partial charge in [0.25, 0.3) is 0 Å². The van der Waals surface area contributed by atoms with Gasteiger partial charge in [0.15, 0.2) is 0 Å². The number of hydrogen-bond acceptors (Lipinski definition) is 29. The van der Waals surface area contributed by atoms with Crippen LogP contribution >= 0.6 is 0 Å². The minimum absolute atomic E-state index is 0.0646. The largest absolute Gasteiger partial charge is 0.499 e. The molecular formula is C100H160N16O19. The van der Waals surface area contributed by atoms with E-state index in [1.54, 1.807) is 6.08 Å². The van der Waals surface area contributed by atoms with Crippen LogP contribution in [-0.4, -0.2) is 200 Å². The molecule has 4 fully saturated rings. The topological polar surface area (TPSA) is 436 Å². The second-order valence-corrected chi connectivity index (χ2v) is 33.3. The van der Waals surface area contributed by atoms with Crippen LogP contribution in [0.3, 0.4) is 0 Å². The molecular weight excluding hydrogens is 1730 g/mol. The zero-order valence-corrected chi connectivity index (χ0v) is 82.3. The molecule has 6 rings (SSSR count). The van der Waals surface area contributed by atoms with Crippen molar-refractivity contribution in [1.82, 2.24) is 28.5 Å². The summed E-state index contributed by atoms with van der Waals surface area (Å²) in [5, 5.41) is 2.81. The Balaban J connectivity index is 0. The third kappa shape index (κ3) is 74.4. The number of allylic oxidation sites excluding steroid dienone is 4. The van der Waals surface area contributed by atoms with Crippen molar-refractivity contribution in [3.05, 3.63) is 134 Å². The number of aromatic nitrogens is 4. The number of ether oxygens (including phenoxy) is 5. The quantitative estimate of drug-likeness (QED) is 0.0365. The van der Waals surface area contributed by atoms with Crippen molar-refractivity contribution >= 4 is 66.0 Å². The molecule has 0 aromatic carbocycles. The third-order valence-electron chi connectivity index (χ3n) is 20.8. The van der Waals surface area contributed by atoms with E-state index in [4.69, 9.17) is 28.1 Å². The van der Waals surface area contributed by atoms with E-state index in [1.165, 1.54) is 67.4 Å². The Morgan fingerprint density at radius 2 is 0.815 bits per heavy atom. The lowest BCUT2D eigenvalue weighted by atomic mass is 9.82. The van der Waals surface area contributed by atoms with Gasteiger partial charge in [0.05, 0.1) is 94.8 Å². The zero-order valence-electron chi connectivity index (χ0n) is 82.3. The van der Waals surface area contributed by atoms with Crippen LogP contribution in [0.25, 0.3) is 0 Å². The minimum Gasteiger partial charge on any atom is -0.499 e. The number of isocyanates is 5. The summed E-state index contributed by atoms with van der Waals surface area (Å²) < 4.78 is 40.3. The molecule has 6 heterocycles. The van der Waals surface area contributed by atoms with Crippen LogP contribution in [0, 0.1) is 11.3 Å². The van der Waals surface area contributed by atoms with Crippen LogP contribution in [-0.2, 0) is 73.8 Å². The summed E-state index contributed by atoms with van der Waals surface area (Å²) in [6.07, 6.45) is 47.1. The van der Waals surface area contributed by atoms with E-state index in [2.05, 4.69) is 163 Å². The summed E-state index contributed by atoms with van der Waals surface area (Å²) in [5.41, 5.74) is -0.805. The lowest BCUT2D eigenvalue weighted by molar-refractivity contribution is 0.107. The molecule has 35 nitrogen and oxygen atoms in total. The normalized spacial score (nSPS) is 13.4. The van der Waals surface area contributed by atoms with Crippen LogP contribution in [0.1, 0.15) is 311 Å². The molecule has 754 valence electrons. The van der Waals surface area contributed by atoms with Crippen LogP contribution < -0.4 is 39.6 Å². The molecule has 2 atom stereocenters. The number of amides is 3. The Morgan fingerprint density at radius 3 is 1.21 bits per heavy atom. The van der Waals surface area contributed by atoms with Gasteiger partial charge in [0, 0.05) is 91.1 Å². The molecule has 135 heavy (non-hydrogen) atoms. The molecule has 4 aliphatic rings. The fourth-order valence-corrected chi connectivity index (χ4v) is 13.4. The summed E-state index contributed by atoms with van der Waals surface area (Å²) in [4.78, 5) is 175. The average molecular weight is 1890 g/mol. The Bertz CT molecular complexity index is 4380. The first kappa shape index (κ1) is 125. The predicted molar refractivity (Wildman–Crippen MR) is 531 cm³/mol. The molecule has 0 aliphatic carbocycles. The van der Waals surface area contributed by atoms with E-state index in [0.717, 1.165) is 286 Å². The number of rotatable bonds is 59. The molecule has 0 bridgehead atoms. The van der Waals surface area contributed by atoms with Gasteiger partial charge in [0.2, 0.25) is 30.4 Å². The van der Waals surface area contributed by atoms with Gasteiger partial charge in [-0.2, -0.15) is 0 Å². The van der Waals surface area contributed by atoms with Crippen LogP contribution in [0.4, 0.5) is 9.59 Å². The van der Waals surface area contributed by atoms with Crippen molar-refractivity contribution in [3.8, 4) is 0 Å². The number of nitrogens with one attached hydrogen (secondary N) is 1. The molecule has 4 saturated heterocycles. The van der Waals surface area contributed by atoms with E-state index in [9.17, 15) is 57.5 Å². The van der Waals surface area contributed by atoms with Gasteiger partial charge < -0.3 is 37.8 Å². The molecule has 2 aromatic heterocycles. The Hall–Kier alpha value is -11.6. The standard InChI is InChI=1S/C25H38N6O5.C21H36N4O4.C18H26N4O5.C12H20N2O.C7H12O.2C6H10O.C5H8O/c1-2-26-15-9-5-7-13-19-30-23(29-18-12-4-3-10-16-27-21-32)36-25(35)31(24(30)34)20-14-8-6-11-17-28-22-33;1-3-5-18-29-21(28)25(17-13-9-8-11-15-23-19-26)20(27)24-16-12-7-6-10-14-22-4-2;1-2-19-11-7-3-5-9-13-21-16(24)22(18(26)27-17(21)25)14-10-6-4-8-12-20-15-23;1-5-13-9-12(3,4)8-11(2)6-7-14-10-15;1-7-5-3-2-4-6-8-7;1-5-3-4-6(2)7-5;1-6-4-2-3-5-7-6;1-5-3-2-4-6-5/h1,3-20H2;2-3,5-18H2,1H3,(H,24,27);1,3-14H2;11H,1,6-9H2,2-4H3;1-6H2;6H,1,3-4H2,2H3;1-5H2;1-4H2. The van der Waals surface area contributed by atoms with E-state index in [-0.39, 0.29) is 30.7 Å². The van der Waals surface area contributed by atoms with Crippen molar-refractivity contribution in [3.63, 3.8) is 0 Å². The molecule has 0 saturated carbocycles.